The number of esters is 1. The Morgan fingerprint density at radius 3 is 2.23 bits per heavy atom. The van der Waals surface area contributed by atoms with Crippen LogP contribution < -0.4 is 0 Å². The molecule has 3 heterocycles. The molecule has 0 bridgehead atoms. The smallest absolute Gasteiger partial charge is 0.336 e. The number of carbonyl (C=O) groups is 4. The summed E-state index contributed by atoms with van der Waals surface area (Å²) in [7, 11) is 0. The van der Waals surface area contributed by atoms with Gasteiger partial charge in [0, 0.05) is 29.5 Å². The van der Waals surface area contributed by atoms with E-state index in [4.69, 9.17) is 29.7 Å². The Balaban J connectivity index is 0.000000331. The van der Waals surface area contributed by atoms with Crippen molar-refractivity contribution in [1.82, 2.24) is 10.1 Å². The first kappa shape index (κ1) is 33.4. The second-order valence-electron chi connectivity index (χ2n) is 10.5. The minimum Gasteiger partial charge on any atom is -0.481 e. The summed E-state index contributed by atoms with van der Waals surface area (Å²) >= 11 is 1.78. The maximum absolute atomic E-state index is 13.0. The molecule has 3 aromatic rings. The summed E-state index contributed by atoms with van der Waals surface area (Å²) in [5, 5.41) is 40.2. The highest BCUT2D eigenvalue weighted by Crippen LogP contribution is 2.38. The van der Waals surface area contributed by atoms with E-state index in [0.717, 1.165) is 55.1 Å². The standard InChI is InChI=1S/C24H28N2O3S.C6H8O7/c1-3-28-23(27)24(10-12-26(13-11-24)17-20-8-6-14-30-20)16-19-15-22(25-29-19)21-9-5-4-7-18(21)2;7-3(8)1-6(13,5(11)12)2-4(9)10/h4-9,14-15H,3,10-13,16-17H2,1-2H3;13H,1-2H2,(H,7,8)(H,9,10)(H,11,12). The van der Waals surface area contributed by atoms with Gasteiger partial charge in [-0.2, -0.15) is 0 Å². The topological polar surface area (TPSA) is 188 Å². The Bertz CT molecular complexity index is 1380. The molecule has 43 heavy (non-hydrogen) atoms. The number of aliphatic hydroxyl groups is 1. The molecule has 0 atom stereocenters. The molecular formula is C30H36N2O10S. The molecule has 0 radical (unpaired) electrons. The van der Waals surface area contributed by atoms with Crippen molar-refractivity contribution in [3.05, 3.63) is 64.0 Å². The third-order valence-corrected chi connectivity index (χ3v) is 8.12. The average Bonchev–Trinajstić information content (AvgIpc) is 3.62. The van der Waals surface area contributed by atoms with Gasteiger partial charge >= 0.3 is 23.9 Å². The molecule has 1 aromatic carbocycles. The van der Waals surface area contributed by atoms with Crippen LogP contribution in [0.3, 0.4) is 0 Å². The van der Waals surface area contributed by atoms with Gasteiger partial charge in [-0.1, -0.05) is 35.5 Å². The van der Waals surface area contributed by atoms with Crippen LogP contribution in [0.2, 0.25) is 0 Å². The number of likely N-dealkylation sites (tertiary alicyclic amines) is 1. The largest absolute Gasteiger partial charge is 0.481 e. The minimum atomic E-state index is -2.74. The SMILES string of the molecule is CCOC(=O)C1(Cc2cc(-c3ccccc3C)no2)CCN(Cc2cccs2)CC1.O=C(O)CC(O)(CC(=O)O)C(=O)O. The maximum atomic E-state index is 13.0. The number of carboxylic acids is 3. The summed E-state index contributed by atoms with van der Waals surface area (Å²) in [6.07, 6.45) is -0.240. The van der Waals surface area contributed by atoms with E-state index >= 15 is 0 Å². The molecule has 12 nitrogen and oxygen atoms in total. The van der Waals surface area contributed by atoms with Gasteiger partial charge in [-0.15, -0.1) is 11.3 Å². The molecule has 1 aliphatic heterocycles. The lowest BCUT2D eigenvalue weighted by atomic mass is 9.75. The van der Waals surface area contributed by atoms with Crippen LogP contribution in [0.15, 0.2) is 52.4 Å². The number of aryl methyl sites for hydroxylation is 1. The van der Waals surface area contributed by atoms with Crippen molar-refractivity contribution in [3.8, 4) is 11.3 Å². The molecule has 1 saturated heterocycles. The molecule has 1 fully saturated rings. The number of aromatic nitrogens is 1. The van der Waals surface area contributed by atoms with Gasteiger partial charge in [-0.3, -0.25) is 19.3 Å². The van der Waals surface area contributed by atoms with E-state index in [0.29, 0.717) is 13.0 Å². The number of rotatable bonds is 12. The predicted octanol–water partition coefficient (Wildman–Crippen LogP) is 3.85. The summed E-state index contributed by atoms with van der Waals surface area (Å²) < 4.78 is 11.2. The number of thiophene rings is 1. The zero-order valence-corrected chi connectivity index (χ0v) is 24.8. The Hall–Kier alpha value is -4.07. The van der Waals surface area contributed by atoms with Crippen molar-refractivity contribution in [2.24, 2.45) is 5.41 Å². The quantitative estimate of drug-likeness (QED) is 0.216. The molecule has 13 heteroatoms. The van der Waals surface area contributed by atoms with Gasteiger partial charge in [-0.25, -0.2) is 4.79 Å². The van der Waals surface area contributed by atoms with E-state index in [-0.39, 0.29) is 5.97 Å². The van der Waals surface area contributed by atoms with Crippen LogP contribution in [0.5, 0.6) is 0 Å². The molecule has 0 saturated carbocycles. The van der Waals surface area contributed by atoms with E-state index in [1.54, 1.807) is 11.3 Å². The molecule has 4 rings (SSSR count). The first-order chi connectivity index (χ1) is 20.4. The van der Waals surface area contributed by atoms with Gasteiger partial charge in [0.15, 0.2) is 5.60 Å². The van der Waals surface area contributed by atoms with E-state index in [2.05, 4.69) is 40.6 Å². The first-order valence-corrected chi connectivity index (χ1v) is 14.6. The lowest BCUT2D eigenvalue weighted by molar-refractivity contribution is -0.170. The highest BCUT2D eigenvalue weighted by atomic mass is 32.1. The zero-order valence-electron chi connectivity index (χ0n) is 24.0. The monoisotopic (exact) mass is 616 g/mol. The number of nitrogens with zero attached hydrogens (tertiary/aromatic N) is 2. The van der Waals surface area contributed by atoms with Crippen LogP contribution in [0.4, 0.5) is 0 Å². The first-order valence-electron chi connectivity index (χ1n) is 13.7. The molecule has 232 valence electrons. The number of hydrogen-bond acceptors (Lipinski definition) is 10. The summed E-state index contributed by atoms with van der Waals surface area (Å²) in [6, 6.07) is 14.3. The van der Waals surface area contributed by atoms with Crippen LogP contribution in [0.1, 0.15) is 48.8 Å². The number of piperidine rings is 1. The predicted molar refractivity (Wildman–Crippen MR) is 155 cm³/mol. The third kappa shape index (κ3) is 9.21. The van der Waals surface area contributed by atoms with Crippen molar-refractivity contribution in [2.45, 2.75) is 58.1 Å². The summed E-state index contributed by atoms with van der Waals surface area (Å²) in [4.78, 5) is 47.2. The van der Waals surface area contributed by atoms with E-state index in [1.165, 1.54) is 4.88 Å². The van der Waals surface area contributed by atoms with Crippen molar-refractivity contribution in [1.29, 1.82) is 0 Å². The minimum absolute atomic E-state index is 0.116. The van der Waals surface area contributed by atoms with Crippen molar-refractivity contribution in [2.75, 3.05) is 19.7 Å². The Morgan fingerprint density at radius 1 is 1.05 bits per heavy atom. The molecule has 0 spiro atoms. The molecule has 2 aromatic heterocycles. The van der Waals surface area contributed by atoms with Gasteiger partial charge in [0.2, 0.25) is 0 Å². The lowest BCUT2D eigenvalue weighted by Gasteiger charge is -2.39. The van der Waals surface area contributed by atoms with E-state index < -0.39 is 41.8 Å². The van der Waals surface area contributed by atoms with Gasteiger partial charge < -0.3 is 29.7 Å². The van der Waals surface area contributed by atoms with Crippen LogP contribution in [0, 0.1) is 12.3 Å². The number of carboxylic acid groups (broad SMARTS) is 3. The highest BCUT2D eigenvalue weighted by molar-refractivity contribution is 7.09. The van der Waals surface area contributed by atoms with Crippen molar-refractivity contribution >= 4 is 35.2 Å². The van der Waals surface area contributed by atoms with Crippen molar-refractivity contribution < 1.29 is 48.9 Å². The highest BCUT2D eigenvalue weighted by Gasteiger charge is 2.44. The Labute approximate surface area is 252 Å². The molecule has 4 N–H and O–H groups in total. The number of ether oxygens (including phenoxy) is 1. The van der Waals surface area contributed by atoms with E-state index in [1.807, 2.05) is 31.2 Å². The summed E-state index contributed by atoms with van der Waals surface area (Å²) in [5.74, 6) is -4.39. The number of aliphatic carboxylic acids is 3. The average molecular weight is 617 g/mol. The van der Waals surface area contributed by atoms with Gasteiger partial charge in [0.25, 0.3) is 0 Å². The molecule has 0 aliphatic carbocycles. The molecule has 1 aliphatic rings. The number of benzene rings is 1. The number of carbonyl (C=O) groups excluding carboxylic acids is 1. The lowest BCUT2D eigenvalue weighted by Crippen LogP contribution is -2.46. The van der Waals surface area contributed by atoms with Crippen molar-refractivity contribution in [3.63, 3.8) is 0 Å². The van der Waals surface area contributed by atoms with Crippen LogP contribution >= 0.6 is 11.3 Å². The third-order valence-electron chi connectivity index (χ3n) is 7.26. The maximum Gasteiger partial charge on any atom is 0.336 e. The fraction of sp³-hybridized carbons (Fsp3) is 0.433. The Kier molecular flexibility index (Phi) is 11.6. The van der Waals surface area contributed by atoms with Crippen LogP contribution in [-0.2, 0) is 36.9 Å². The molecule has 0 amide bonds. The second-order valence-corrected chi connectivity index (χ2v) is 11.5. The summed E-state index contributed by atoms with van der Waals surface area (Å²) in [5.41, 5.74) is -0.262. The molecular weight excluding hydrogens is 580 g/mol. The van der Waals surface area contributed by atoms with Crippen LogP contribution in [0.25, 0.3) is 11.3 Å². The number of hydrogen-bond donors (Lipinski definition) is 4. The second kappa shape index (κ2) is 14.9. The van der Waals surface area contributed by atoms with E-state index in [9.17, 15) is 19.2 Å². The van der Waals surface area contributed by atoms with Gasteiger partial charge in [-0.05, 0) is 56.8 Å². The Morgan fingerprint density at radius 2 is 1.70 bits per heavy atom. The fourth-order valence-electron chi connectivity index (χ4n) is 4.93. The molecule has 0 unspecified atom stereocenters. The summed E-state index contributed by atoms with van der Waals surface area (Å²) in [6.45, 7) is 7.00. The van der Waals surface area contributed by atoms with Gasteiger partial charge in [0.1, 0.15) is 11.5 Å². The fourth-order valence-corrected chi connectivity index (χ4v) is 5.68. The van der Waals surface area contributed by atoms with Gasteiger partial charge in [0.05, 0.1) is 24.9 Å². The van der Waals surface area contributed by atoms with Crippen LogP contribution in [-0.4, -0.2) is 79.7 Å². The normalized spacial score (nSPS) is 14.8. The zero-order chi connectivity index (χ0) is 31.6.